The molecule has 1 aliphatic heterocycles. The Morgan fingerprint density at radius 3 is 2.38 bits per heavy atom. The maximum Gasteiger partial charge on any atom is 0.303 e. The molecular weight excluding hydrogens is 506 g/mol. The van der Waals surface area contributed by atoms with Gasteiger partial charge in [0.25, 0.3) is 5.91 Å². The summed E-state index contributed by atoms with van der Waals surface area (Å²) in [5.41, 5.74) is 17.9. The maximum absolute atomic E-state index is 11.8. The molecular formula is C23H32ClN7O6. The van der Waals surface area contributed by atoms with Crippen LogP contribution in [0, 0.1) is 5.41 Å². The molecule has 0 saturated heterocycles. The van der Waals surface area contributed by atoms with Gasteiger partial charge in [-0.05, 0) is 30.7 Å². The Morgan fingerprint density at radius 1 is 1.19 bits per heavy atom. The summed E-state index contributed by atoms with van der Waals surface area (Å²) >= 11 is 6.11. The number of hydrogen-bond donors (Lipinski definition) is 4. The number of ether oxygens (including phenoxy) is 3. The zero-order valence-electron chi connectivity index (χ0n) is 20.9. The van der Waals surface area contributed by atoms with E-state index >= 15 is 0 Å². The van der Waals surface area contributed by atoms with Crippen LogP contribution in [0.15, 0.2) is 40.8 Å². The monoisotopic (exact) mass is 537 g/mol. The number of nitrogens with zero attached hydrogens (tertiary/aromatic N) is 3. The summed E-state index contributed by atoms with van der Waals surface area (Å²) < 4.78 is 15.7. The number of unbranched alkanes of at least 4 members (excludes halogenated alkanes) is 1. The predicted molar refractivity (Wildman–Crippen MR) is 138 cm³/mol. The molecule has 0 saturated carbocycles. The third-order valence-corrected chi connectivity index (χ3v) is 5.39. The number of primary amides is 1. The summed E-state index contributed by atoms with van der Waals surface area (Å²) in [6.07, 6.45) is -0.286. The molecule has 2 atom stereocenters. The number of esters is 2. The number of guanidine groups is 1. The van der Waals surface area contributed by atoms with Crippen LogP contribution in [0.1, 0.15) is 33.6 Å². The summed E-state index contributed by atoms with van der Waals surface area (Å²) in [7, 11) is 0. The van der Waals surface area contributed by atoms with Gasteiger partial charge in [-0.2, -0.15) is 0 Å². The molecule has 2 rings (SSSR count). The molecule has 1 aromatic rings. The van der Waals surface area contributed by atoms with Crippen LogP contribution in [-0.2, 0) is 23.9 Å². The van der Waals surface area contributed by atoms with Crippen LogP contribution in [0.5, 0.6) is 5.75 Å². The van der Waals surface area contributed by atoms with Crippen LogP contribution in [0.25, 0.3) is 0 Å². The zero-order chi connectivity index (χ0) is 27.7. The highest BCUT2D eigenvalue weighted by molar-refractivity contribution is 6.67. The van der Waals surface area contributed by atoms with Gasteiger partial charge in [0.1, 0.15) is 36.1 Å². The Labute approximate surface area is 219 Å². The second-order valence-electron chi connectivity index (χ2n) is 8.02. The van der Waals surface area contributed by atoms with Gasteiger partial charge in [-0.1, -0.05) is 24.9 Å². The third kappa shape index (κ3) is 8.08. The van der Waals surface area contributed by atoms with Crippen LogP contribution in [0.2, 0.25) is 0 Å². The first-order valence-corrected chi connectivity index (χ1v) is 11.8. The SMILES string of the molecule is CCCCN(C(=N)N1C(N)=C(C(N)=O)N=C(Cl)C1N)c1ccc(OCC(COC(C)=O)OC(C)=O)cc1. The summed E-state index contributed by atoms with van der Waals surface area (Å²) in [6.45, 7) is 4.75. The van der Waals surface area contributed by atoms with Crippen LogP contribution in [0.3, 0.4) is 0 Å². The van der Waals surface area contributed by atoms with E-state index in [1.165, 1.54) is 18.7 Å². The molecule has 1 aliphatic rings. The minimum atomic E-state index is -1.08. The molecule has 0 bridgehead atoms. The summed E-state index contributed by atoms with van der Waals surface area (Å²) in [6, 6.07) is 6.76. The van der Waals surface area contributed by atoms with Crippen molar-refractivity contribution >= 4 is 46.3 Å². The van der Waals surface area contributed by atoms with E-state index in [2.05, 4.69) is 4.99 Å². The van der Waals surface area contributed by atoms with Crippen LogP contribution >= 0.6 is 11.6 Å². The minimum Gasteiger partial charge on any atom is -0.490 e. The fourth-order valence-electron chi connectivity index (χ4n) is 3.30. The average molecular weight is 538 g/mol. The lowest BCUT2D eigenvalue weighted by Crippen LogP contribution is -2.57. The molecule has 0 fully saturated rings. The smallest absolute Gasteiger partial charge is 0.303 e. The number of aliphatic imine (C=N–C) groups is 1. The van der Waals surface area contributed by atoms with Crippen molar-refractivity contribution in [3.8, 4) is 5.75 Å². The number of benzene rings is 1. The van der Waals surface area contributed by atoms with E-state index in [9.17, 15) is 14.4 Å². The van der Waals surface area contributed by atoms with Gasteiger partial charge in [-0.3, -0.25) is 24.7 Å². The highest BCUT2D eigenvalue weighted by Gasteiger charge is 2.34. The second kappa shape index (κ2) is 13.5. The second-order valence-corrected chi connectivity index (χ2v) is 8.40. The van der Waals surface area contributed by atoms with Crippen molar-refractivity contribution in [2.24, 2.45) is 22.2 Å². The maximum atomic E-state index is 11.8. The number of nitrogens with two attached hydrogens (primary N) is 3. The van der Waals surface area contributed by atoms with E-state index in [4.69, 9.17) is 48.4 Å². The number of halogens is 1. The Morgan fingerprint density at radius 2 is 1.84 bits per heavy atom. The molecule has 7 N–H and O–H groups in total. The lowest BCUT2D eigenvalue weighted by atomic mass is 10.2. The van der Waals surface area contributed by atoms with E-state index < -0.39 is 30.1 Å². The molecule has 14 heteroatoms. The minimum absolute atomic E-state index is 0.0424. The normalized spacial score (nSPS) is 16.0. The largest absolute Gasteiger partial charge is 0.490 e. The molecule has 1 amide bonds. The van der Waals surface area contributed by atoms with Gasteiger partial charge in [-0.25, -0.2) is 4.99 Å². The van der Waals surface area contributed by atoms with Crippen LogP contribution < -0.4 is 26.8 Å². The number of carbonyl (C=O) groups is 3. The zero-order valence-corrected chi connectivity index (χ0v) is 21.7. The molecule has 37 heavy (non-hydrogen) atoms. The van der Waals surface area contributed by atoms with Gasteiger partial charge in [0.15, 0.2) is 11.8 Å². The molecule has 1 aromatic carbocycles. The van der Waals surface area contributed by atoms with Crippen molar-refractivity contribution in [1.82, 2.24) is 4.90 Å². The van der Waals surface area contributed by atoms with E-state index in [0.29, 0.717) is 18.0 Å². The molecule has 1 heterocycles. The van der Waals surface area contributed by atoms with Crippen LogP contribution in [-0.4, -0.2) is 65.9 Å². The summed E-state index contributed by atoms with van der Waals surface area (Å²) in [5, 5.41) is 8.71. The molecule has 2 unspecified atom stereocenters. The standard InChI is InChI=1S/C23H32ClN7O6/c1-4-5-10-30(23(28)31-20(25)18(22(27)34)29-19(24)21(31)26)15-6-8-16(9-7-15)36-12-17(37-14(3)33)11-35-13(2)32/h6-9,17,21,28H,4-5,10-12,25-26H2,1-3H3,(H2,27,34). The number of amides is 1. The van der Waals surface area contributed by atoms with E-state index in [1.807, 2.05) is 6.92 Å². The molecule has 0 spiro atoms. The molecule has 202 valence electrons. The number of hydrogen-bond acceptors (Lipinski definition) is 10. The number of rotatable bonds is 11. The van der Waals surface area contributed by atoms with Crippen molar-refractivity contribution in [2.75, 3.05) is 24.7 Å². The van der Waals surface area contributed by atoms with Crippen molar-refractivity contribution in [1.29, 1.82) is 5.41 Å². The van der Waals surface area contributed by atoms with Gasteiger partial charge in [0.05, 0.1) is 0 Å². The van der Waals surface area contributed by atoms with Gasteiger partial charge >= 0.3 is 11.9 Å². The van der Waals surface area contributed by atoms with E-state index in [0.717, 1.165) is 12.8 Å². The van der Waals surface area contributed by atoms with Crippen molar-refractivity contribution in [2.45, 2.75) is 45.9 Å². The first-order valence-electron chi connectivity index (χ1n) is 11.4. The van der Waals surface area contributed by atoms with Gasteiger partial charge in [-0.15, -0.1) is 0 Å². The van der Waals surface area contributed by atoms with E-state index in [1.54, 1.807) is 29.2 Å². The lowest BCUT2D eigenvalue weighted by molar-refractivity contribution is -0.158. The van der Waals surface area contributed by atoms with Gasteiger partial charge in [0, 0.05) is 26.1 Å². The Kier molecular flexibility index (Phi) is 10.7. The van der Waals surface area contributed by atoms with E-state index in [-0.39, 0.29) is 35.9 Å². The van der Waals surface area contributed by atoms with Crippen molar-refractivity contribution in [3.63, 3.8) is 0 Å². The van der Waals surface area contributed by atoms with Crippen molar-refractivity contribution in [3.05, 3.63) is 35.8 Å². The number of carbonyl (C=O) groups excluding carboxylic acids is 3. The fraction of sp³-hybridized carbons (Fsp3) is 0.435. The predicted octanol–water partition coefficient (Wildman–Crippen LogP) is 0.952. The Hall–Kier alpha value is -3.84. The third-order valence-electron chi connectivity index (χ3n) is 5.08. The first-order chi connectivity index (χ1) is 17.5. The number of nitrogens with one attached hydrogen (secondary N) is 1. The molecule has 13 nitrogen and oxygen atoms in total. The van der Waals surface area contributed by atoms with Gasteiger partial charge < -0.3 is 36.3 Å². The highest BCUT2D eigenvalue weighted by Crippen LogP contribution is 2.25. The molecule has 0 aliphatic carbocycles. The summed E-state index contributed by atoms with van der Waals surface area (Å²) in [4.78, 5) is 40.9. The Bertz CT molecular complexity index is 1080. The Balaban J connectivity index is 2.24. The summed E-state index contributed by atoms with van der Waals surface area (Å²) in [5.74, 6) is -1.80. The topological polar surface area (TPSA) is 200 Å². The quantitative estimate of drug-likeness (QED) is 0.179. The average Bonchev–Trinajstić information content (AvgIpc) is 2.83. The molecule has 0 radical (unpaired) electrons. The highest BCUT2D eigenvalue weighted by atomic mass is 35.5. The van der Waals surface area contributed by atoms with Gasteiger partial charge in [0.2, 0.25) is 5.96 Å². The van der Waals surface area contributed by atoms with Crippen molar-refractivity contribution < 1.29 is 28.6 Å². The fourth-order valence-corrected chi connectivity index (χ4v) is 3.49. The molecule has 0 aromatic heterocycles. The van der Waals surface area contributed by atoms with Crippen LogP contribution in [0.4, 0.5) is 5.69 Å². The lowest BCUT2D eigenvalue weighted by Gasteiger charge is -2.38. The number of anilines is 1. The first kappa shape index (κ1) is 29.4.